The minimum absolute atomic E-state index is 0.0481. The minimum Gasteiger partial charge on any atom is -0.453 e. The van der Waals surface area contributed by atoms with Gasteiger partial charge in [-0.05, 0) is 24.3 Å². The number of nitrogens with one attached hydrogen (secondary N) is 1. The first kappa shape index (κ1) is 14.2. The summed E-state index contributed by atoms with van der Waals surface area (Å²) >= 11 is 0. The maximum Gasteiger partial charge on any atom is 0.257 e. The molecule has 0 saturated heterocycles. The summed E-state index contributed by atoms with van der Waals surface area (Å²) in [6.45, 7) is 0. The smallest absolute Gasteiger partial charge is 0.257 e. The largest absolute Gasteiger partial charge is 0.453 e. The molecule has 2 aromatic carbocycles. The van der Waals surface area contributed by atoms with Gasteiger partial charge in [0.25, 0.3) is 5.56 Å². The third-order valence-electron chi connectivity index (χ3n) is 3.76. The zero-order valence-corrected chi connectivity index (χ0v) is 12.4. The Kier molecular flexibility index (Phi) is 3.16. The van der Waals surface area contributed by atoms with E-state index in [1.807, 2.05) is 6.07 Å². The second kappa shape index (κ2) is 5.34. The van der Waals surface area contributed by atoms with E-state index < -0.39 is 5.82 Å². The average molecular weight is 321 g/mol. The molecule has 2 heterocycles. The molecule has 0 amide bonds. The predicted octanol–water partition coefficient (Wildman–Crippen LogP) is 3.59. The lowest BCUT2D eigenvalue weighted by Gasteiger charge is -2.11. The van der Waals surface area contributed by atoms with E-state index in [-0.39, 0.29) is 11.3 Å². The zero-order valence-electron chi connectivity index (χ0n) is 12.4. The summed E-state index contributed by atoms with van der Waals surface area (Å²) in [4.78, 5) is 19.0. The average Bonchev–Trinajstić information content (AvgIpc) is 2.57. The van der Waals surface area contributed by atoms with E-state index in [1.165, 1.54) is 18.3 Å². The SMILES string of the molecule is Nc1ccc(Oc2ccnc3[nH]c(=O)c4ccccc4c23)c(F)c1. The van der Waals surface area contributed by atoms with E-state index in [9.17, 15) is 9.18 Å². The van der Waals surface area contributed by atoms with E-state index in [2.05, 4.69) is 9.97 Å². The highest BCUT2D eigenvalue weighted by atomic mass is 19.1. The normalized spacial score (nSPS) is 11.0. The van der Waals surface area contributed by atoms with Crippen LogP contribution in [0, 0.1) is 5.82 Å². The fourth-order valence-electron chi connectivity index (χ4n) is 2.68. The summed E-state index contributed by atoms with van der Waals surface area (Å²) in [7, 11) is 0. The lowest BCUT2D eigenvalue weighted by atomic mass is 10.1. The van der Waals surface area contributed by atoms with Crippen LogP contribution in [0.2, 0.25) is 0 Å². The molecule has 0 fully saturated rings. The van der Waals surface area contributed by atoms with E-state index in [0.717, 1.165) is 0 Å². The van der Waals surface area contributed by atoms with Gasteiger partial charge in [0.2, 0.25) is 0 Å². The number of hydrogen-bond acceptors (Lipinski definition) is 4. The lowest BCUT2D eigenvalue weighted by Crippen LogP contribution is -2.07. The highest BCUT2D eigenvalue weighted by molar-refractivity contribution is 6.07. The van der Waals surface area contributed by atoms with Crippen molar-refractivity contribution in [2.75, 3.05) is 5.73 Å². The van der Waals surface area contributed by atoms with Crippen molar-refractivity contribution >= 4 is 27.5 Å². The molecule has 4 rings (SSSR count). The fourth-order valence-corrected chi connectivity index (χ4v) is 2.68. The number of nitrogens with two attached hydrogens (primary N) is 1. The highest BCUT2D eigenvalue weighted by Crippen LogP contribution is 2.33. The molecular weight excluding hydrogens is 309 g/mol. The van der Waals surface area contributed by atoms with E-state index in [1.54, 1.807) is 30.3 Å². The van der Waals surface area contributed by atoms with Crippen LogP contribution >= 0.6 is 0 Å². The third kappa shape index (κ3) is 2.25. The lowest BCUT2D eigenvalue weighted by molar-refractivity contribution is 0.446. The maximum absolute atomic E-state index is 14.0. The Morgan fingerprint density at radius 1 is 1.04 bits per heavy atom. The van der Waals surface area contributed by atoms with Crippen LogP contribution < -0.4 is 16.0 Å². The second-order valence-corrected chi connectivity index (χ2v) is 5.32. The van der Waals surface area contributed by atoms with Gasteiger partial charge in [0.15, 0.2) is 11.6 Å². The molecule has 0 aliphatic heterocycles. The van der Waals surface area contributed by atoms with Gasteiger partial charge in [0.1, 0.15) is 11.4 Å². The number of H-pyrrole nitrogens is 1. The second-order valence-electron chi connectivity index (χ2n) is 5.32. The quantitative estimate of drug-likeness (QED) is 0.437. The van der Waals surface area contributed by atoms with Crippen molar-refractivity contribution in [2.24, 2.45) is 0 Å². The highest BCUT2D eigenvalue weighted by Gasteiger charge is 2.13. The molecule has 3 N–H and O–H groups in total. The Labute approximate surface area is 135 Å². The van der Waals surface area contributed by atoms with Crippen LogP contribution in [0.1, 0.15) is 0 Å². The van der Waals surface area contributed by atoms with Gasteiger partial charge in [-0.3, -0.25) is 4.79 Å². The van der Waals surface area contributed by atoms with Gasteiger partial charge < -0.3 is 15.5 Å². The summed E-state index contributed by atoms with van der Waals surface area (Å²) in [5.41, 5.74) is 6.02. The van der Waals surface area contributed by atoms with Crippen molar-refractivity contribution in [1.29, 1.82) is 0 Å². The summed E-state index contributed by atoms with van der Waals surface area (Å²) in [5, 5.41) is 1.82. The van der Waals surface area contributed by atoms with Crippen molar-refractivity contribution in [1.82, 2.24) is 9.97 Å². The van der Waals surface area contributed by atoms with E-state index in [0.29, 0.717) is 33.2 Å². The number of aromatic nitrogens is 2. The van der Waals surface area contributed by atoms with Crippen molar-refractivity contribution in [2.45, 2.75) is 0 Å². The van der Waals surface area contributed by atoms with Crippen LogP contribution in [0.25, 0.3) is 21.8 Å². The van der Waals surface area contributed by atoms with Crippen molar-refractivity contribution in [3.8, 4) is 11.5 Å². The number of nitrogens with zero attached hydrogens (tertiary/aromatic N) is 1. The molecule has 24 heavy (non-hydrogen) atoms. The van der Waals surface area contributed by atoms with Gasteiger partial charge in [0, 0.05) is 28.7 Å². The van der Waals surface area contributed by atoms with Gasteiger partial charge in [0.05, 0.1) is 5.39 Å². The van der Waals surface area contributed by atoms with Gasteiger partial charge in [-0.1, -0.05) is 18.2 Å². The molecule has 5 nitrogen and oxygen atoms in total. The molecular formula is C18H12FN3O2. The van der Waals surface area contributed by atoms with Crippen LogP contribution in [0.4, 0.5) is 10.1 Å². The van der Waals surface area contributed by atoms with Crippen molar-refractivity contribution in [3.63, 3.8) is 0 Å². The molecule has 118 valence electrons. The Morgan fingerprint density at radius 3 is 2.62 bits per heavy atom. The van der Waals surface area contributed by atoms with Crippen LogP contribution in [-0.4, -0.2) is 9.97 Å². The van der Waals surface area contributed by atoms with Gasteiger partial charge in [-0.25, -0.2) is 9.37 Å². The monoisotopic (exact) mass is 321 g/mol. The molecule has 0 aliphatic rings. The van der Waals surface area contributed by atoms with Crippen LogP contribution in [0.15, 0.2) is 59.5 Å². The number of ether oxygens (including phenoxy) is 1. The number of pyridine rings is 2. The molecule has 0 aliphatic carbocycles. The molecule has 0 bridgehead atoms. The maximum atomic E-state index is 14.0. The number of aromatic amines is 1. The molecule has 0 atom stereocenters. The van der Waals surface area contributed by atoms with Crippen molar-refractivity contribution < 1.29 is 9.13 Å². The molecule has 0 unspecified atom stereocenters. The fraction of sp³-hybridized carbons (Fsp3) is 0. The predicted molar refractivity (Wildman–Crippen MR) is 90.8 cm³/mol. The van der Waals surface area contributed by atoms with Crippen LogP contribution in [0.3, 0.4) is 0 Å². The molecule has 6 heteroatoms. The first-order valence-corrected chi connectivity index (χ1v) is 7.26. The number of hydrogen-bond donors (Lipinski definition) is 2. The Bertz CT molecular complexity index is 1140. The number of benzene rings is 2. The molecule has 4 aromatic rings. The Morgan fingerprint density at radius 2 is 1.83 bits per heavy atom. The molecule has 0 spiro atoms. The van der Waals surface area contributed by atoms with Crippen LogP contribution in [-0.2, 0) is 0 Å². The summed E-state index contributed by atoms with van der Waals surface area (Å²) in [6, 6.07) is 13.0. The zero-order chi connectivity index (χ0) is 16.7. The number of halogens is 1. The topological polar surface area (TPSA) is 81.0 Å². The molecule has 0 saturated carbocycles. The first-order chi connectivity index (χ1) is 11.6. The standard InChI is InChI=1S/C18H12FN3O2/c19-13-9-10(20)5-6-14(13)24-15-7-8-21-17-16(15)11-3-1-2-4-12(11)18(23)22-17/h1-9H,20H2,(H,21,22,23). The van der Waals surface area contributed by atoms with Crippen LogP contribution in [0.5, 0.6) is 11.5 Å². The Balaban J connectivity index is 1.99. The third-order valence-corrected chi connectivity index (χ3v) is 3.76. The summed E-state index contributed by atoms with van der Waals surface area (Å²) < 4.78 is 19.8. The van der Waals surface area contributed by atoms with Crippen molar-refractivity contribution in [3.05, 3.63) is 70.9 Å². The van der Waals surface area contributed by atoms with Gasteiger partial charge >= 0.3 is 0 Å². The number of nitrogen functional groups attached to an aromatic ring is 1. The molecule has 2 aromatic heterocycles. The van der Waals surface area contributed by atoms with Gasteiger partial charge in [-0.2, -0.15) is 0 Å². The summed E-state index contributed by atoms with van der Waals surface area (Å²) in [5.74, 6) is -0.114. The van der Waals surface area contributed by atoms with Gasteiger partial charge in [-0.15, -0.1) is 0 Å². The Hall–Kier alpha value is -3.41. The minimum atomic E-state index is -0.561. The summed E-state index contributed by atoms with van der Waals surface area (Å²) in [6.07, 6.45) is 1.50. The first-order valence-electron chi connectivity index (χ1n) is 7.26. The number of anilines is 1. The molecule has 0 radical (unpaired) electrons. The van der Waals surface area contributed by atoms with E-state index in [4.69, 9.17) is 10.5 Å². The number of fused-ring (bicyclic) bond motifs is 3. The number of rotatable bonds is 2. The van der Waals surface area contributed by atoms with E-state index >= 15 is 0 Å².